The first-order valence-corrected chi connectivity index (χ1v) is 8.16. The predicted molar refractivity (Wildman–Crippen MR) is 87.0 cm³/mol. The van der Waals surface area contributed by atoms with Gasteiger partial charge in [-0.25, -0.2) is 0 Å². The molecule has 0 bridgehead atoms. The summed E-state index contributed by atoms with van der Waals surface area (Å²) in [6.07, 6.45) is 1.08. The van der Waals surface area contributed by atoms with E-state index in [1.807, 2.05) is 6.07 Å². The lowest BCUT2D eigenvalue weighted by Gasteiger charge is -2.11. The number of alkyl halides is 1. The first kappa shape index (κ1) is 15.2. The van der Waals surface area contributed by atoms with Crippen molar-refractivity contribution >= 4 is 46.1 Å². The predicted octanol–water partition coefficient (Wildman–Crippen LogP) is 6.58. The third kappa shape index (κ3) is 3.88. The van der Waals surface area contributed by atoms with Gasteiger partial charge in [0, 0.05) is 5.56 Å². The van der Waals surface area contributed by atoms with Gasteiger partial charge in [0.15, 0.2) is 0 Å². The van der Waals surface area contributed by atoms with Crippen LogP contribution in [0.4, 0.5) is 0 Å². The van der Waals surface area contributed by atoms with Gasteiger partial charge in [-0.2, -0.15) is 0 Å². The number of thiophene rings is 1. The van der Waals surface area contributed by atoms with Crippen LogP contribution in [0.3, 0.4) is 0 Å². The lowest BCUT2D eigenvalue weighted by atomic mass is 10.00. The maximum Gasteiger partial charge on any atom is 0.0994 e. The van der Waals surface area contributed by atoms with Gasteiger partial charge in [-0.3, -0.25) is 0 Å². The minimum atomic E-state index is -0.246. The highest BCUT2D eigenvalue weighted by Gasteiger charge is 2.17. The van der Waals surface area contributed by atoms with E-state index in [-0.39, 0.29) is 5.38 Å². The zero-order chi connectivity index (χ0) is 14.0. The van der Waals surface area contributed by atoms with Crippen molar-refractivity contribution in [1.29, 1.82) is 0 Å². The summed E-state index contributed by atoms with van der Waals surface area (Å²) in [5.41, 5.74) is 3.26. The van der Waals surface area contributed by atoms with E-state index < -0.39 is 0 Å². The molecule has 0 saturated carbocycles. The van der Waals surface area contributed by atoms with Crippen LogP contribution in [-0.4, -0.2) is 0 Å². The van der Waals surface area contributed by atoms with Crippen LogP contribution in [-0.2, 0) is 6.42 Å². The highest BCUT2D eigenvalue weighted by Crippen LogP contribution is 2.40. The van der Waals surface area contributed by atoms with Gasteiger partial charge < -0.3 is 0 Å². The van der Waals surface area contributed by atoms with Gasteiger partial charge in [-0.15, -0.1) is 22.9 Å². The Bertz CT molecular complexity index is 543. The third-order valence-electron chi connectivity index (χ3n) is 2.87. The topological polar surface area (TPSA) is 0 Å². The molecule has 0 amide bonds. The van der Waals surface area contributed by atoms with Crippen molar-refractivity contribution in [1.82, 2.24) is 0 Å². The largest absolute Gasteiger partial charge is 0.113 e. The molecule has 0 radical (unpaired) electrons. The van der Waals surface area contributed by atoms with Crippen LogP contribution in [0, 0.1) is 5.92 Å². The molecule has 0 aliphatic rings. The third-order valence-corrected chi connectivity index (χ3v) is 4.88. The summed E-state index contributed by atoms with van der Waals surface area (Å²) in [6, 6.07) is 10.2. The van der Waals surface area contributed by atoms with Crippen LogP contribution in [0.15, 0.2) is 30.3 Å². The first-order valence-electron chi connectivity index (χ1n) is 6.15. The summed E-state index contributed by atoms with van der Waals surface area (Å²) in [7, 11) is 0. The minimum absolute atomic E-state index is 0.246. The van der Waals surface area contributed by atoms with E-state index in [2.05, 4.69) is 38.1 Å². The molecule has 1 unspecified atom stereocenters. The van der Waals surface area contributed by atoms with E-state index >= 15 is 0 Å². The number of benzene rings is 1. The fraction of sp³-hybridized carbons (Fsp3) is 0.333. The fourth-order valence-corrected chi connectivity index (χ4v) is 3.97. The zero-order valence-electron chi connectivity index (χ0n) is 10.8. The highest BCUT2D eigenvalue weighted by molar-refractivity contribution is 7.20. The van der Waals surface area contributed by atoms with Crippen LogP contribution in [0.2, 0.25) is 8.67 Å². The molecule has 1 aromatic heterocycles. The molecule has 0 nitrogen and oxygen atoms in total. The summed E-state index contributed by atoms with van der Waals surface area (Å²) < 4.78 is 1.33. The van der Waals surface area contributed by atoms with Gasteiger partial charge in [0.2, 0.25) is 0 Å². The Balaban J connectivity index is 2.20. The van der Waals surface area contributed by atoms with Crippen LogP contribution in [0.1, 0.15) is 35.9 Å². The zero-order valence-corrected chi connectivity index (χ0v) is 13.9. The quantitative estimate of drug-likeness (QED) is 0.554. The molecule has 102 valence electrons. The molecule has 0 N–H and O–H groups in total. The van der Waals surface area contributed by atoms with Crippen molar-refractivity contribution in [2.45, 2.75) is 25.6 Å². The maximum atomic E-state index is 6.47. The first-order chi connectivity index (χ1) is 8.97. The van der Waals surface area contributed by atoms with E-state index in [1.54, 1.807) is 0 Å². The molecule has 4 heteroatoms. The maximum absolute atomic E-state index is 6.47. The Hall–Kier alpha value is -0.210. The van der Waals surface area contributed by atoms with Gasteiger partial charge in [0.05, 0.1) is 14.0 Å². The molecule has 1 atom stereocenters. The Kier molecular flexibility index (Phi) is 5.19. The van der Waals surface area contributed by atoms with Gasteiger partial charge in [0.25, 0.3) is 0 Å². The second-order valence-corrected chi connectivity index (χ2v) is 7.70. The standard InChI is InChI=1S/C15H15Cl3S/c1-9(2)7-10-3-5-11(6-4-10)14(17)12-8-13(16)19-15(12)18/h3-6,8-9,14H,7H2,1-2H3. The Labute approximate surface area is 133 Å². The molecule has 0 spiro atoms. The number of hydrogen-bond donors (Lipinski definition) is 0. The second-order valence-electron chi connectivity index (χ2n) is 4.98. The molecule has 0 aliphatic heterocycles. The van der Waals surface area contributed by atoms with Gasteiger partial charge in [-0.05, 0) is 29.5 Å². The Morgan fingerprint density at radius 3 is 2.21 bits per heavy atom. The van der Waals surface area contributed by atoms with Gasteiger partial charge in [-0.1, -0.05) is 61.3 Å². The lowest BCUT2D eigenvalue weighted by Crippen LogP contribution is -1.96. The molecule has 19 heavy (non-hydrogen) atoms. The van der Waals surface area contributed by atoms with Crippen LogP contribution in [0.5, 0.6) is 0 Å². The van der Waals surface area contributed by atoms with Crippen molar-refractivity contribution < 1.29 is 0 Å². The second kappa shape index (κ2) is 6.49. The van der Waals surface area contributed by atoms with Crippen molar-refractivity contribution in [3.63, 3.8) is 0 Å². The summed E-state index contributed by atoms with van der Waals surface area (Å²) in [4.78, 5) is 0. The Morgan fingerprint density at radius 1 is 1.11 bits per heavy atom. The van der Waals surface area contributed by atoms with Crippen molar-refractivity contribution in [3.05, 3.63) is 55.7 Å². The summed E-state index contributed by atoms with van der Waals surface area (Å²) in [6.45, 7) is 4.43. The van der Waals surface area contributed by atoms with Crippen LogP contribution < -0.4 is 0 Å². The smallest absolute Gasteiger partial charge is 0.0994 e. The van der Waals surface area contributed by atoms with E-state index in [9.17, 15) is 0 Å². The molecule has 0 saturated heterocycles. The van der Waals surface area contributed by atoms with E-state index in [1.165, 1.54) is 16.9 Å². The normalized spacial score (nSPS) is 12.9. The monoisotopic (exact) mass is 332 g/mol. The average Bonchev–Trinajstić information content (AvgIpc) is 2.68. The molecular formula is C15H15Cl3S. The summed E-state index contributed by atoms with van der Waals surface area (Å²) >= 11 is 19.9. The SMILES string of the molecule is CC(C)Cc1ccc(C(Cl)c2cc(Cl)sc2Cl)cc1. The molecule has 2 rings (SSSR count). The lowest BCUT2D eigenvalue weighted by molar-refractivity contribution is 0.647. The molecular weight excluding hydrogens is 319 g/mol. The molecule has 1 aromatic carbocycles. The molecule has 1 heterocycles. The van der Waals surface area contributed by atoms with Crippen molar-refractivity contribution in [3.8, 4) is 0 Å². The van der Waals surface area contributed by atoms with Gasteiger partial charge >= 0.3 is 0 Å². The molecule has 2 aromatic rings. The Morgan fingerprint density at radius 2 is 1.74 bits per heavy atom. The number of halogens is 3. The van der Waals surface area contributed by atoms with Crippen molar-refractivity contribution in [2.75, 3.05) is 0 Å². The van der Waals surface area contributed by atoms with Gasteiger partial charge in [0.1, 0.15) is 0 Å². The fourth-order valence-electron chi connectivity index (χ4n) is 2.00. The summed E-state index contributed by atoms with van der Waals surface area (Å²) in [5.74, 6) is 0.655. The summed E-state index contributed by atoms with van der Waals surface area (Å²) in [5, 5.41) is -0.246. The number of hydrogen-bond acceptors (Lipinski definition) is 1. The average molecular weight is 334 g/mol. The molecule has 0 fully saturated rings. The number of rotatable bonds is 4. The van der Waals surface area contributed by atoms with Crippen molar-refractivity contribution in [2.24, 2.45) is 5.92 Å². The van der Waals surface area contributed by atoms with E-state index in [4.69, 9.17) is 34.8 Å². The van der Waals surface area contributed by atoms with E-state index in [0.29, 0.717) is 14.6 Å². The van der Waals surface area contributed by atoms with Crippen LogP contribution in [0.25, 0.3) is 0 Å². The highest BCUT2D eigenvalue weighted by atomic mass is 35.5. The van der Waals surface area contributed by atoms with E-state index in [0.717, 1.165) is 17.5 Å². The minimum Gasteiger partial charge on any atom is -0.113 e. The molecule has 0 aliphatic carbocycles. The van der Waals surface area contributed by atoms with Crippen LogP contribution >= 0.6 is 46.1 Å².